The molecule has 0 aliphatic carbocycles. The summed E-state index contributed by atoms with van der Waals surface area (Å²) in [7, 11) is 0. The Morgan fingerprint density at radius 1 is 0.958 bits per heavy atom. The van der Waals surface area contributed by atoms with Crippen molar-refractivity contribution < 1.29 is 33.3 Å². The number of esters is 2. The Bertz CT molecular complexity index is 406. The fraction of sp³-hybridized carbons (Fsp3) is 0.824. The van der Waals surface area contributed by atoms with Crippen LogP contribution in [0.2, 0.25) is 0 Å². The van der Waals surface area contributed by atoms with Gasteiger partial charge in [0.2, 0.25) is 0 Å². The normalized spacial score (nSPS) is 13.1. The molecule has 0 saturated heterocycles. The highest BCUT2D eigenvalue weighted by Crippen LogP contribution is 2.21. The molecule has 0 aromatic rings. The van der Waals surface area contributed by atoms with Gasteiger partial charge in [-0.25, -0.2) is 4.79 Å². The second kappa shape index (κ2) is 11.7. The Morgan fingerprint density at radius 2 is 1.58 bits per heavy atom. The number of hydrogen-bond donors (Lipinski definition) is 0. The molecule has 0 N–H and O–H groups in total. The quantitative estimate of drug-likeness (QED) is 0.323. The van der Waals surface area contributed by atoms with Gasteiger partial charge < -0.3 is 18.9 Å². The van der Waals surface area contributed by atoms with Crippen molar-refractivity contribution in [1.29, 1.82) is 0 Å². The topological polar surface area (TPSA) is 88.1 Å². The summed E-state index contributed by atoms with van der Waals surface area (Å²) < 4.78 is 20.0. The highest BCUT2D eigenvalue weighted by molar-refractivity contribution is 5.77. The van der Waals surface area contributed by atoms with Gasteiger partial charge in [0.25, 0.3) is 0 Å². The molecule has 0 aliphatic heterocycles. The number of carbonyl (C=O) groups is 3. The highest BCUT2D eigenvalue weighted by atomic mass is 16.7. The summed E-state index contributed by atoms with van der Waals surface area (Å²) in [6.45, 7) is 8.76. The van der Waals surface area contributed by atoms with Crippen molar-refractivity contribution in [2.45, 2.75) is 53.9 Å². The van der Waals surface area contributed by atoms with E-state index in [2.05, 4.69) is 0 Å². The predicted octanol–water partition coefficient (Wildman–Crippen LogP) is 3.10. The van der Waals surface area contributed by atoms with Crippen LogP contribution in [0.4, 0.5) is 4.79 Å². The standard InChI is InChI=1S/C17H30O7/c1-6-7-9-21-15(19)17(5,11-23-14(4)18)12-24-16(20)22-10-8-13(2)3/h13H,6-12H2,1-5H3. The molecule has 0 aromatic heterocycles. The fourth-order valence-electron chi connectivity index (χ4n) is 1.54. The third-order valence-corrected chi connectivity index (χ3v) is 3.24. The molecule has 0 spiro atoms. The van der Waals surface area contributed by atoms with Crippen LogP contribution in [0.5, 0.6) is 0 Å². The first-order valence-corrected chi connectivity index (χ1v) is 8.31. The molecule has 1 unspecified atom stereocenters. The van der Waals surface area contributed by atoms with Crippen LogP contribution in [0.3, 0.4) is 0 Å². The molecule has 24 heavy (non-hydrogen) atoms. The van der Waals surface area contributed by atoms with Gasteiger partial charge in [0, 0.05) is 6.92 Å². The number of carbonyl (C=O) groups excluding carboxylic acids is 3. The average molecular weight is 346 g/mol. The average Bonchev–Trinajstić information content (AvgIpc) is 2.50. The Kier molecular flexibility index (Phi) is 10.8. The number of rotatable bonds is 11. The van der Waals surface area contributed by atoms with Gasteiger partial charge in [-0.3, -0.25) is 9.59 Å². The maximum atomic E-state index is 12.2. The zero-order valence-corrected chi connectivity index (χ0v) is 15.4. The van der Waals surface area contributed by atoms with Crippen LogP contribution in [-0.2, 0) is 28.5 Å². The molecule has 7 nitrogen and oxygen atoms in total. The summed E-state index contributed by atoms with van der Waals surface area (Å²) in [5.74, 6) is -0.699. The van der Waals surface area contributed by atoms with Gasteiger partial charge >= 0.3 is 18.1 Å². The summed E-state index contributed by atoms with van der Waals surface area (Å²) in [5.41, 5.74) is -1.27. The molecule has 1 atom stereocenters. The molecule has 0 aromatic carbocycles. The lowest BCUT2D eigenvalue weighted by molar-refractivity contribution is -0.165. The van der Waals surface area contributed by atoms with E-state index in [0.29, 0.717) is 5.92 Å². The van der Waals surface area contributed by atoms with E-state index in [9.17, 15) is 14.4 Å². The summed E-state index contributed by atoms with van der Waals surface area (Å²) in [6.07, 6.45) is 1.48. The fourth-order valence-corrected chi connectivity index (χ4v) is 1.54. The molecule has 140 valence electrons. The predicted molar refractivity (Wildman–Crippen MR) is 87.4 cm³/mol. The molecule has 0 heterocycles. The third-order valence-electron chi connectivity index (χ3n) is 3.24. The van der Waals surface area contributed by atoms with E-state index in [1.807, 2.05) is 20.8 Å². The van der Waals surface area contributed by atoms with Gasteiger partial charge in [-0.1, -0.05) is 27.2 Å². The van der Waals surface area contributed by atoms with Crippen molar-refractivity contribution in [1.82, 2.24) is 0 Å². The van der Waals surface area contributed by atoms with Crippen LogP contribution < -0.4 is 0 Å². The van der Waals surface area contributed by atoms with E-state index < -0.39 is 23.5 Å². The molecular formula is C17H30O7. The zero-order valence-electron chi connectivity index (χ0n) is 15.4. The van der Waals surface area contributed by atoms with Crippen molar-refractivity contribution in [2.75, 3.05) is 26.4 Å². The molecule has 0 aliphatic rings. The van der Waals surface area contributed by atoms with Crippen LogP contribution in [0.15, 0.2) is 0 Å². The SMILES string of the molecule is CCCCOC(=O)C(C)(COC(C)=O)COC(=O)OCCC(C)C. The van der Waals surface area contributed by atoms with Gasteiger partial charge in [0.15, 0.2) is 0 Å². The summed E-state index contributed by atoms with van der Waals surface area (Å²) in [4.78, 5) is 34.8. The minimum absolute atomic E-state index is 0.230. The second-order valence-electron chi connectivity index (χ2n) is 6.40. The first-order valence-electron chi connectivity index (χ1n) is 8.31. The van der Waals surface area contributed by atoms with Gasteiger partial charge in [0.05, 0.1) is 13.2 Å². The maximum Gasteiger partial charge on any atom is 0.508 e. The van der Waals surface area contributed by atoms with E-state index in [-0.39, 0.29) is 26.4 Å². The highest BCUT2D eigenvalue weighted by Gasteiger charge is 2.38. The van der Waals surface area contributed by atoms with Gasteiger partial charge in [-0.2, -0.15) is 0 Å². The molecule has 0 amide bonds. The van der Waals surface area contributed by atoms with E-state index >= 15 is 0 Å². The van der Waals surface area contributed by atoms with E-state index in [0.717, 1.165) is 19.3 Å². The van der Waals surface area contributed by atoms with Crippen molar-refractivity contribution >= 4 is 18.1 Å². The zero-order chi connectivity index (χ0) is 18.6. The van der Waals surface area contributed by atoms with Crippen LogP contribution in [0.25, 0.3) is 0 Å². The number of unbranched alkanes of at least 4 members (excludes halogenated alkanes) is 1. The molecule has 0 fully saturated rings. The maximum absolute atomic E-state index is 12.2. The largest absolute Gasteiger partial charge is 0.508 e. The summed E-state index contributed by atoms with van der Waals surface area (Å²) >= 11 is 0. The Hall–Kier alpha value is -1.79. The first-order chi connectivity index (χ1) is 11.2. The monoisotopic (exact) mass is 346 g/mol. The van der Waals surface area contributed by atoms with Crippen molar-refractivity contribution in [3.05, 3.63) is 0 Å². The van der Waals surface area contributed by atoms with Crippen LogP contribution >= 0.6 is 0 Å². The van der Waals surface area contributed by atoms with Gasteiger partial charge in [-0.15, -0.1) is 0 Å². The smallest absolute Gasteiger partial charge is 0.465 e. The summed E-state index contributed by atoms with van der Waals surface area (Å²) in [5, 5.41) is 0. The molecule has 0 rings (SSSR count). The summed E-state index contributed by atoms with van der Waals surface area (Å²) in [6, 6.07) is 0. The van der Waals surface area contributed by atoms with Crippen molar-refractivity contribution in [2.24, 2.45) is 11.3 Å². The molecule has 0 bridgehead atoms. The lowest BCUT2D eigenvalue weighted by Gasteiger charge is -2.26. The van der Waals surface area contributed by atoms with E-state index in [1.165, 1.54) is 13.8 Å². The lowest BCUT2D eigenvalue weighted by atomic mass is 9.93. The van der Waals surface area contributed by atoms with Crippen LogP contribution in [0.1, 0.15) is 53.9 Å². The third kappa shape index (κ3) is 10.1. The lowest BCUT2D eigenvalue weighted by Crippen LogP contribution is -2.40. The Labute approximate surface area is 144 Å². The van der Waals surface area contributed by atoms with Crippen molar-refractivity contribution in [3.63, 3.8) is 0 Å². The van der Waals surface area contributed by atoms with E-state index in [4.69, 9.17) is 18.9 Å². The Morgan fingerprint density at radius 3 is 2.12 bits per heavy atom. The molecule has 7 heteroatoms. The van der Waals surface area contributed by atoms with Crippen molar-refractivity contribution in [3.8, 4) is 0 Å². The molecular weight excluding hydrogens is 316 g/mol. The van der Waals surface area contributed by atoms with Gasteiger partial charge in [-0.05, 0) is 25.7 Å². The molecule has 0 radical (unpaired) electrons. The van der Waals surface area contributed by atoms with Crippen LogP contribution in [-0.4, -0.2) is 44.5 Å². The number of ether oxygens (including phenoxy) is 4. The minimum Gasteiger partial charge on any atom is -0.465 e. The number of hydrogen-bond acceptors (Lipinski definition) is 7. The first kappa shape index (κ1) is 22.2. The van der Waals surface area contributed by atoms with Gasteiger partial charge in [0.1, 0.15) is 18.6 Å². The Balaban J connectivity index is 4.55. The minimum atomic E-state index is -1.27. The second-order valence-corrected chi connectivity index (χ2v) is 6.40. The van der Waals surface area contributed by atoms with E-state index in [1.54, 1.807) is 0 Å². The van der Waals surface area contributed by atoms with Crippen LogP contribution in [0, 0.1) is 11.3 Å². The molecule has 0 saturated carbocycles.